The molecule has 1 heterocycles. The summed E-state index contributed by atoms with van der Waals surface area (Å²) in [5.74, 6) is -0.0971. The van der Waals surface area contributed by atoms with E-state index in [9.17, 15) is 15.4 Å². The number of nitro groups is 1. The first-order chi connectivity index (χ1) is 11.0. The fourth-order valence-corrected chi connectivity index (χ4v) is 2.53. The summed E-state index contributed by atoms with van der Waals surface area (Å²) in [5, 5.41) is 24.6. The van der Waals surface area contributed by atoms with Crippen LogP contribution in [-0.2, 0) is 0 Å². The molecule has 0 N–H and O–H groups in total. The maximum Gasteiger partial charge on any atom is 0.274 e. The molecule has 0 saturated carbocycles. The highest BCUT2D eigenvalue weighted by Crippen LogP contribution is 2.40. The van der Waals surface area contributed by atoms with Gasteiger partial charge in [-0.3, -0.25) is 10.1 Å². The first-order valence-electron chi connectivity index (χ1n) is 7.20. The van der Waals surface area contributed by atoms with Gasteiger partial charge in [-0.05, 0) is 19.4 Å². The van der Waals surface area contributed by atoms with Crippen molar-refractivity contribution in [3.8, 4) is 22.9 Å². The molecule has 0 aliphatic heterocycles. The molecule has 1 unspecified atom stereocenters. The van der Waals surface area contributed by atoms with Gasteiger partial charge in [0, 0.05) is 17.2 Å². The maximum atomic E-state index is 11.5. The summed E-state index contributed by atoms with van der Waals surface area (Å²) in [6.07, 6.45) is 2.72. The van der Waals surface area contributed by atoms with E-state index in [1.165, 1.54) is 19.4 Å². The molecule has 0 radical (unpaired) electrons. The van der Waals surface area contributed by atoms with E-state index in [0.29, 0.717) is 34.6 Å². The number of nitrogens with zero attached hydrogens (tertiary/aromatic N) is 3. The molecule has 1 atom stereocenters. The fourth-order valence-electron chi connectivity index (χ4n) is 2.53. The molecule has 0 fully saturated rings. The second kappa shape index (κ2) is 6.92. The normalized spacial score (nSPS) is 11.7. The Labute approximate surface area is 133 Å². The van der Waals surface area contributed by atoms with Crippen LogP contribution in [0.25, 0.3) is 11.1 Å². The summed E-state index contributed by atoms with van der Waals surface area (Å²) >= 11 is 0. The Kier molecular flexibility index (Phi) is 4.96. The Hall–Kier alpha value is -2.88. The average Bonchev–Trinajstić information content (AvgIpc) is 2.97. The monoisotopic (exact) mass is 315 g/mol. The van der Waals surface area contributed by atoms with E-state index in [2.05, 4.69) is 11.2 Å². The smallest absolute Gasteiger partial charge is 0.274 e. The molecule has 1 aromatic carbocycles. The van der Waals surface area contributed by atoms with Crippen molar-refractivity contribution in [3.63, 3.8) is 0 Å². The molecule has 0 amide bonds. The summed E-state index contributed by atoms with van der Waals surface area (Å²) in [6, 6.07) is 5.14. The van der Waals surface area contributed by atoms with Gasteiger partial charge < -0.3 is 9.26 Å². The van der Waals surface area contributed by atoms with Crippen molar-refractivity contribution in [1.82, 2.24) is 5.16 Å². The molecule has 0 aliphatic rings. The van der Waals surface area contributed by atoms with Gasteiger partial charge in [0.05, 0.1) is 35.3 Å². The van der Waals surface area contributed by atoms with Crippen LogP contribution in [-0.4, -0.2) is 17.2 Å². The minimum atomic E-state index is -0.549. The number of ether oxygens (including phenoxy) is 1. The lowest BCUT2D eigenvalue weighted by atomic mass is 9.91. The molecule has 23 heavy (non-hydrogen) atoms. The van der Waals surface area contributed by atoms with E-state index >= 15 is 0 Å². The lowest BCUT2D eigenvalue weighted by Gasteiger charge is -2.13. The molecule has 7 nitrogen and oxygen atoms in total. The van der Waals surface area contributed by atoms with E-state index in [1.54, 1.807) is 13.0 Å². The number of aromatic nitrogens is 1. The van der Waals surface area contributed by atoms with Crippen LogP contribution in [0.5, 0.6) is 5.75 Å². The zero-order valence-corrected chi connectivity index (χ0v) is 13.2. The Morgan fingerprint density at radius 1 is 1.48 bits per heavy atom. The molecular weight excluding hydrogens is 298 g/mol. The van der Waals surface area contributed by atoms with Crippen molar-refractivity contribution in [1.29, 1.82) is 5.26 Å². The van der Waals surface area contributed by atoms with E-state index in [4.69, 9.17) is 9.26 Å². The molecule has 2 rings (SSSR count). The third kappa shape index (κ3) is 3.16. The lowest BCUT2D eigenvalue weighted by molar-refractivity contribution is -0.385. The van der Waals surface area contributed by atoms with Crippen molar-refractivity contribution in [2.24, 2.45) is 0 Å². The van der Waals surface area contributed by atoms with E-state index < -0.39 is 10.8 Å². The van der Waals surface area contributed by atoms with Gasteiger partial charge in [-0.15, -0.1) is 0 Å². The van der Waals surface area contributed by atoms with Crippen molar-refractivity contribution in [3.05, 3.63) is 39.8 Å². The Morgan fingerprint density at radius 2 is 2.22 bits per heavy atom. The van der Waals surface area contributed by atoms with Gasteiger partial charge in [0.1, 0.15) is 12.0 Å². The highest BCUT2D eigenvalue weighted by atomic mass is 16.6. The molecule has 0 saturated heterocycles. The Balaban J connectivity index is 2.69. The van der Waals surface area contributed by atoms with Crippen LogP contribution in [0.2, 0.25) is 0 Å². The summed E-state index contributed by atoms with van der Waals surface area (Å²) in [6.45, 7) is 3.68. The van der Waals surface area contributed by atoms with E-state index in [-0.39, 0.29) is 5.69 Å². The van der Waals surface area contributed by atoms with Gasteiger partial charge >= 0.3 is 0 Å². The van der Waals surface area contributed by atoms with Crippen LogP contribution >= 0.6 is 0 Å². The molecular formula is C16H17N3O4. The number of nitriles is 1. The number of nitro benzene ring substituents is 1. The summed E-state index contributed by atoms with van der Waals surface area (Å²) in [5.41, 5.74) is 2.03. The van der Waals surface area contributed by atoms with Gasteiger partial charge in [-0.1, -0.05) is 18.5 Å². The van der Waals surface area contributed by atoms with Crippen molar-refractivity contribution < 1.29 is 14.2 Å². The van der Waals surface area contributed by atoms with Gasteiger partial charge in [0.15, 0.2) is 0 Å². The number of hydrogen-bond acceptors (Lipinski definition) is 6. The predicted octanol–water partition coefficient (Wildman–Crippen LogP) is 3.97. The first-order valence-corrected chi connectivity index (χ1v) is 7.20. The maximum absolute atomic E-state index is 11.5. The predicted molar refractivity (Wildman–Crippen MR) is 83.1 cm³/mol. The van der Waals surface area contributed by atoms with Crippen LogP contribution < -0.4 is 4.74 Å². The molecule has 0 bridgehead atoms. The third-order valence-corrected chi connectivity index (χ3v) is 3.69. The van der Waals surface area contributed by atoms with E-state index in [0.717, 1.165) is 6.42 Å². The molecule has 2 aromatic rings. The SMILES string of the molecule is CCCC(C#N)c1cc(OC)c(-c2conc2C)cc1[N+](=O)[O-]. The van der Waals surface area contributed by atoms with Gasteiger partial charge in [0.25, 0.3) is 5.69 Å². The highest BCUT2D eigenvalue weighted by molar-refractivity contribution is 5.75. The summed E-state index contributed by atoms with van der Waals surface area (Å²) in [7, 11) is 1.48. The van der Waals surface area contributed by atoms with Crippen molar-refractivity contribution >= 4 is 5.69 Å². The number of methoxy groups -OCH3 is 1. The van der Waals surface area contributed by atoms with Crippen LogP contribution in [0.1, 0.15) is 36.9 Å². The number of aryl methyl sites for hydroxylation is 1. The summed E-state index contributed by atoms with van der Waals surface area (Å²) in [4.78, 5) is 11.0. The van der Waals surface area contributed by atoms with Gasteiger partial charge in [-0.2, -0.15) is 5.26 Å². The largest absolute Gasteiger partial charge is 0.496 e. The minimum absolute atomic E-state index is 0.0959. The van der Waals surface area contributed by atoms with Gasteiger partial charge in [-0.25, -0.2) is 0 Å². The van der Waals surface area contributed by atoms with Crippen LogP contribution in [0, 0.1) is 28.4 Å². The van der Waals surface area contributed by atoms with Crippen molar-refractivity contribution in [2.45, 2.75) is 32.6 Å². The standard InChI is InChI=1S/C16H17N3O4/c1-4-5-11(8-17)12-7-16(22-3)13(6-15(12)19(20)21)14-9-23-18-10(14)2/h6-7,9,11H,4-5H2,1-3H3. The Morgan fingerprint density at radius 3 is 2.70 bits per heavy atom. The fraction of sp³-hybridized carbons (Fsp3) is 0.375. The molecule has 0 aliphatic carbocycles. The second-order valence-electron chi connectivity index (χ2n) is 5.15. The Bertz CT molecular complexity index is 761. The number of rotatable bonds is 6. The first kappa shape index (κ1) is 16.5. The van der Waals surface area contributed by atoms with Crippen LogP contribution in [0.4, 0.5) is 5.69 Å². The minimum Gasteiger partial charge on any atom is -0.496 e. The van der Waals surface area contributed by atoms with Gasteiger partial charge in [0.2, 0.25) is 0 Å². The quantitative estimate of drug-likeness (QED) is 0.590. The topological polar surface area (TPSA) is 102 Å². The zero-order chi connectivity index (χ0) is 17.0. The zero-order valence-electron chi connectivity index (χ0n) is 13.2. The lowest BCUT2D eigenvalue weighted by Crippen LogP contribution is -2.03. The molecule has 120 valence electrons. The van der Waals surface area contributed by atoms with Crippen LogP contribution in [0.3, 0.4) is 0 Å². The van der Waals surface area contributed by atoms with E-state index in [1.807, 2.05) is 6.92 Å². The molecule has 1 aromatic heterocycles. The third-order valence-electron chi connectivity index (χ3n) is 3.69. The number of benzene rings is 1. The number of hydrogen-bond donors (Lipinski definition) is 0. The molecule has 7 heteroatoms. The van der Waals surface area contributed by atoms with Crippen LogP contribution in [0.15, 0.2) is 22.9 Å². The summed E-state index contributed by atoms with van der Waals surface area (Å²) < 4.78 is 10.3. The average molecular weight is 315 g/mol. The highest BCUT2D eigenvalue weighted by Gasteiger charge is 2.26. The van der Waals surface area contributed by atoms with Crippen molar-refractivity contribution in [2.75, 3.05) is 7.11 Å². The second-order valence-corrected chi connectivity index (χ2v) is 5.15. The molecule has 0 spiro atoms.